The summed E-state index contributed by atoms with van der Waals surface area (Å²) in [7, 11) is 0. The van der Waals surface area contributed by atoms with E-state index in [1.165, 1.54) is 0 Å². The first-order valence-electron chi connectivity index (χ1n) is 3.93. The van der Waals surface area contributed by atoms with Gasteiger partial charge in [0, 0.05) is 0 Å². The number of carbonyl (C=O) groups is 2. The molecule has 86 valence electrons. The highest BCUT2D eigenvalue weighted by atomic mass is 19.3. The SMILES string of the molecule is O=Cc1c(C(=O)O)ccc(F)c1OC(F)F. The Balaban J connectivity index is 3.38. The van der Waals surface area contributed by atoms with Gasteiger partial charge in [0.2, 0.25) is 0 Å². The molecule has 16 heavy (non-hydrogen) atoms. The van der Waals surface area contributed by atoms with Gasteiger partial charge in [-0.1, -0.05) is 0 Å². The summed E-state index contributed by atoms with van der Waals surface area (Å²) in [4.78, 5) is 21.1. The van der Waals surface area contributed by atoms with Gasteiger partial charge in [0.1, 0.15) is 0 Å². The second kappa shape index (κ2) is 4.65. The van der Waals surface area contributed by atoms with Gasteiger partial charge in [-0.25, -0.2) is 9.18 Å². The summed E-state index contributed by atoms with van der Waals surface area (Å²) in [5.74, 6) is -3.83. The summed E-state index contributed by atoms with van der Waals surface area (Å²) < 4.78 is 40.6. The number of benzene rings is 1. The number of hydrogen-bond acceptors (Lipinski definition) is 3. The van der Waals surface area contributed by atoms with Crippen LogP contribution < -0.4 is 4.74 Å². The summed E-state index contributed by atoms with van der Waals surface area (Å²) in [5, 5.41) is 8.62. The molecule has 4 nitrogen and oxygen atoms in total. The Hall–Kier alpha value is -2.05. The van der Waals surface area contributed by atoms with E-state index in [1.54, 1.807) is 0 Å². The molecule has 0 heterocycles. The predicted molar refractivity (Wildman–Crippen MR) is 45.4 cm³/mol. The molecule has 0 radical (unpaired) electrons. The lowest BCUT2D eigenvalue weighted by atomic mass is 10.1. The number of carboxylic acids is 1. The van der Waals surface area contributed by atoms with Gasteiger partial charge in [-0.2, -0.15) is 8.78 Å². The zero-order chi connectivity index (χ0) is 12.3. The van der Waals surface area contributed by atoms with E-state index in [9.17, 15) is 22.8 Å². The molecule has 0 bridgehead atoms. The van der Waals surface area contributed by atoms with Crippen LogP contribution in [0.15, 0.2) is 12.1 Å². The van der Waals surface area contributed by atoms with E-state index in [-0.39, 0.29) is 6.29 Å². The zero-order valence-electron chi connectivity index (χ0n) is 7.62. The molecule has 0 amide bonds. The number of carbonyl (C=O) groups excluding carboxylic acids is 1. The molecule has 0 fully saturated rings. The van der Waals surface area contributed by atoms with Gasteiger partial charge in [-0.15, -0.1) is 0 Å². The maximum absolute atomic E-state index is 13.0. The van der Waals surface area contributed by atoms with Crippen molar-refractivity contribution in [2.45, 2.75) is 6.61 Å². The topological polar surface area (TPSA) is 63.6 Å². The van der Waals surface area contributed by atoms with Crippen LogP contribution >= 0.6 is 0 Å². The Bertz CT molecular complexity index is 431. The molecule has 0 aliphatic carbocycles. The molecule has 1 N–H and O–H groups in total. The van der Waals surface area contributed by atoms with Gasteiger partial charge in [0.05, 0.1) is 11.1 Å². The van der Waals surface area contributed by atoms with Crippen LogP contribution in [0.3, 0.4) is 0 Å². The van der Waals surface area contributed by atoms with E-state index in [1.807, 2.05) is 0 Å². The Morgan fingerprint density at radius 2 is 2.06 bits per heavy atom. The number of aldehydes is 1. The van der Waals surface area contributed by atoms with Crippen LogP contribution in [0.2, 0.25) is 0 Å². The van der Waals surface area contributed by atoms with Gasteiger partial charge in [0.15, 0.2) is 17.9 Å². The van der Waals surface area contributed by atoms with Gasteiger partial charge < -0.3 is 9.84 Å². The van der Waals surface area contributed by atoms with E-state index >= 15 is 0 Å². The molecule has 1 aromatic carbocycles. The smallest absolute Gasteiger partial charge is 0.387 e. The standard InChI is InChI=1S/C9H5F3O4/c10-6-2-1-4(8(14)15)5(3-13)7(6)16-9(11)12/h1-3,9H,(H,14,15). The zero-order valence-corrected chi connectivity index (χ0v) is 7.62. The van der Waals surface area contributed by atoms with Crippen LogP contribution in [0.5, 0.6) is 5.75 Å². The fourth-order valence-electron chi connectivity index (χ4n) is 1.09. The van der Waals surface area contributed by atoms with E-state index in [2.05, 4.69) is 4.74 Å². The van der Waals surface area contributed by atoms with Crippen molar-refractivity contribution >= 4 is 12.3 Å². The van der Waals surface area contributed by atoms with Crippen LogP contribution in [-0.2, 0) is 0 Å². The molecule has 1 aromatic rings. The summed E-state index contributed by atoms with van der Waals surface area (Å²) in [6.45, 7) is -3.35. The van der Waals surface area contributed by atoms with Crippen molar-refractivity contribution in [3.63, 3.8) is 0 Å². The van der Waals surface area contributed by atoms with Crippen molar-refractivity contribution in [2.24, 2.45) is 0 Å². The first-order valence-corrected chi connectivity index (χ1v) is 3.93. The lowest BCUT2D eigenvalue weighted by molar-refractivity contribution is -0.0525. The van der Waals surface area contributed by atoms with Crippen LogP contribution in [0.25, 0.3) is 0 Å². The quantitative estimate of drug-likeness (QED) is 0.808. The highest BCUT2D eigenvalue weighted by molar-refractivity contribution is 5.99. The second-order valence-electron chi connectivity index (χ2n) is 2.64. The fourth-order valence-corrected chi connectivity index (χ4v) is 1.09. The normalized spacial score (nSPS) is 10.2. The molecule has 7 heteroatoms. The number of alkyl halides is 2. The summed E-state index contributed by atoms with van der Waals surface area (Å²) in [5.41, 5.74) is -1.36. The largest absolute Gasteiger partial charge is 0.478 e. The number of aromatic carboxylic acids is 1. The van der Waals surface area contributed by atoms with Crippen LogP contribution in [0.4, 0.5) is 13.2 Å². The number of carboxylic acid groups (broad SMARTS) is 1. The molecular formula is C9H5F3O4. The fraction of sp³-hybridized carbons (Fsp3) is 0.111. The highest BCUT2D eigenvalue weighted by Gasteiger charge is 2.21. The number of hydrogen-bond donors (Lipinski definition) is 1. The maximum atomic E-state index is 13.0. The number of ether oxygens (including phenoxy) is 1. The molecule has 0 aliphatic rings. The van der Waals surface area contributed by atoms with Crippen molar-refractivity contribution in [2.75, 3.05) is 0 Å². The third-order valence-corrected chi connectivity index (χ3v) is 1.70. The van der Waals surface area contributed by atoms with Crippen molar-refractivity contribution in [3.05, 3.63) is 29.1 Å². The van der Waals surface area contributed by atoms with E-state index in [0.29, 0.717) is 6.07 Å². The number of halogens is 3. The van der Waals surface area contributed by atoms with E-state index < -0.39 is 35.3 Å². The molecule has 0 atom stereocenters. The molecule has 0 saturated heterocycles. The third kappa shape index (κ3) is 2.30. The predicted octanol–water partition coefficient (Wildman–Crippen LogP) is 1.94. The van der Waals surface area contributed by atoms with Crippen LogP contribution in [0.1, 0.15) is 20.7 Å². The van der Waals surface area contributed by atoms with Crippen molar-refractivity contribution in [1.29, 1.82) is 0 Å². The van der Waals surface area contributed by atoms with Crippen molar-refractivity contribution < 1.29 is 32.6 Å². The second-order valence-corrected chi connectivity index (χ2v) is 2.64. The Morgan fingerprint density at radius 1 is 1.44 bits per heavy atom. The van der Waals surface area contributed by atoms with Crippen molar-refractivity contribution in [1.82, 2.24) is 0 Å². The molecule has 0 saturated carbocycles. The molecular weight excluding hydrogens is 229 g/mol. The van der Waals surface area contributed by atoms with Gasteiger partial charge in [-0.05, 0) is 12.1 Å². The van der Waals surface area contributed by atoms with Gasteiger partial charge >= 0.3 is 12.6 Å². The molecule has 0 spiro atoms. The molecule has 0 aliphatic heterocycles. The van der Waals surface area contributed by atoms with Crippen LogP contribution in [-0.4, -0.2) is 24.0 Å². The minimum absolute atomic E-state index is 0.0513. The van der Waals surface area contributed by atoms with Crippen molar-refractivity contribution in [3.8, 4) is 5.75 Å². The Morgan fingerprint density at radius 3 is 2.50 bits per heavy atom. The lowest BCUT2D eigenvalue weighted by Crippen LogP contribution is -2.10. The number of rotatable bonds is 4. The van der Waals surface area contributed by atoms with Crippen LogP contribution in [0, 0.1) is 5.82 Å². The highest BCUT2D eigenvalue weighted by Crippen LogP contribution is 2.26. The van der Waals surface area contributed by atoms with Gasteiger partial charge in [0.25, 0.3) is 0 Å². The maximum Gasteiger partial charge on any atom is 0.387 e. The van der Waals surface area contributed by atoms with Gasteiger partial charge in [-0.3, -0.25) is 4.79 Å². The minimum Gasteiger partial charge on any atom is -0.478 e. The summed E-state index contributed by atoms with van der Waals surface area (Å²) >= 11 is 0. The first kappa shape index (κ1) is 12.0. The van der Waals surface area contributed by atoms with E-state index in [4.69, 9.17) is 5.11 Å². The molecule has 1 rings (SSSR count). The molecule has 0 unspecified atom stereocenters. The third-order valence-electron chi connectivity index (χ3n) is 1.70. The summed E-state index contributed by atoms with van der Waals surface area (Å²) in [6.07, 6.45) is -0.0513. The minimum atomic E-state index is -3.35. The molecule has 0 aromatic heterocycles. The monoisotopic (exact) mass is 234 g/mol. The Labute approximate surface area is 87.3 Å². The average molecular weight is 234 g/mol. The first-order chi connectivity index (χ1) is 7.47. The summed E-state index contributed by atoms with van der Waals surface area (Å²) in [6, 6.07) is 1.42. The van der Waals surface area contributed by atoms with E-state index in [0.717, 1.165) is 6.07 Å². The average Bonchev–Trinajstić information content (AvgIpc) is 2.19. The lowest BCUT2D eigenvalue weighted by Gasteiger charge is -2.09. The Kier molecular flexibility index (Phi) is 3.49.